The Morgan fingerprint density at radius 1 is 1.55 bits per heavy atom. The monoisotopic (exact) mass is 279 g/mol. The van der Waals surface area contributed by atoms with Crippen molar-refractivity contribution in [2.24, 2.45) is 0 Å². The summed E-state index contributed by atoms with van der Waals surface area (Å²) in [7, 11) is 0. The summed E-state index contributed by atoms with van der Waals surface area (Å²) in [6.45, 7) is 4.41. The molecule has 0 bridgehead atoms. The third-order valence-corrected chi connectivity index (χ3v) is 3.79. The summed E-state index contributed by atoms with van der Waals surface area (Å²) in [6.07, 6.45) is 3.59. The van der Waals surface area contributed by atoms with Crippen LogP contribution in [0.2, 0.25) is 0 Å². The zero-order chi connectivity index (χ0) is 14.5. The molecule has 2 atom stereocenters. The molecule has 2 rings (SSSR count). The summed E-state index contributed by atoms with van der Waals surface area (Å²) in [5, 5.41) is 2.91. The van der Waals surface area contributed by atoms with Gasteiger partial charge in [-0.15, -0.1) is 0 Å². The molecule has 3 nitrogen and oxygen atoms in total. The second-order valence-corrected chi connectivity index (χ2v) is 5.47. The first-order valence-corrected chi connectivity index (χ1v) is 7.23. The van der Waals surface area contributed by atoms with E-state index in [4.69, 9.17) is 4.74 Å². The van der Waals surface area contributed by atoms with E-state index in [1.807, 2.05) is 13.0 Å². The quantitative estimate of drug-likeness (QED) is 0.898. The summed E-state index contributed by atoms with van der Waals surface area (Å²) in [4.78, 5) is 11.9. The summed E-state index contributed by atoms with van der Waals surface area (Å²) < 4.78 is 19.0. The fourth-order valence-corrected chi connectivity index (χ4v) is 2.44. The number of aryl methyl sites for hydroxylation is 1. The lowest BCUT2D eigenvalue weighted by Crippen LogP contribution is -2.27. The van der Waals surface area contributed by atoms with Gasteiger partial charge in [-0.05, 0) is 50.3 Å². The van der Waals surface area contributed by atoms with Crippen LogP contribution < -0.4 is 5.32 Å². The van der Waals surface area contributed by atoms with Gasteiger partial charge in [0.05, 0.1) is 12.1 Å². The Morgan fingerprint density at radius 2 is 2.35 bits per heavy atom. The van der Waals surface area contributed by atoms with Gasteiger partial charge in [-0.1, -0.05) is 12.1 Å². The van der Waals surface area contributed by atoms with E-state index in [9.17, 15) is 9.18 Å². The standard InChI is InChI=1S/C16H22FNO2/c1-11-5-6-13(10-15(11)17)12(2)18-16(19)8-7-14-4-3-9-20-14/h5-6,10,12,14H,3-4,7-9H2,1-2H3,(H,18,19). The predicted molar refractivity (Wildman–Crippen MR) is 75.9 cm³/mol. The first-order chi connectivity index (χ1) is 9.56. The molecule has 2 unspecified atom stereocenters. The molecule has 4 heteroatoms. The fourth-order valence-electron chi connectivity index (χ4n) is 2.44. The molecule has 0 aromatic heterocycles. The highest BCUT2D eigenvalue weighted by atomic mass is 19.1. The highest BCUT2D eigenvalue weighted by molar-refractivity contribution is 5.76. The van der Waals surface area contributed by atoms with E-state index in [1.165, 1.54) is 6.07 Å². The zero-order valence-corrected chi connectivity index (χ0v) is 12.1. The zero-order valence-electron chi connectivity index (χ0n) is 12.1. The molecule has 1 aliphatic heterocycles. The average molecular weight is 279 g/mol. The summed E-state index contributed by atoms with van der Waals surface area (Å²) in [6, 6.07) is 4.89. The second kappa shape index (κ2) is 6.84. The predicted octanol–water partition coefficient (Wildman–Crippen LogP) is 3.27. The molecule has 1 heterocycles. The van der Waals surface area contributed by atoms with Gasteiger partial charge in [0.1, 0.15) is 5.82 Å². The molecular formula is C16H22FNO2. The number of benzene rings is 1. The molecule has 1 aromatic carbocycles. The minimum atomic E-state index is -0.233. The van der Waals surface area contributed by atoms with E-state index in [2.05, 4.69) is 5.32 Å². The third-order valence-electron chi connectivity index (χ3n) is 3.79. The van der Waals surface area contributed by atoms with Gasteiger partial charge >= 0.3 is 0 Å². The van der Waals surface area contributed by atoms with Crippen molar-refractivity contribution in [1.82, 2.24) is 5.32 Å². The number of hydrogen-bond acceptors (Lipinski definition) is 2. The van der Waals surface area contributed by atoms with Crippen LogP contribution in [0.25, 0.3) is 0 Å². The van der Waals surface area contributed by atoms with Crippen LogP contribution in [0.5, 0.6) is 0 Å². The largest absolute Gasteiger partial charge is 0.378 e. The number of carbonyl (C=O) groups excluding carboxylic acids is 1. The molecule has 1 amide bonds. The number of nitrogens with one attached hydrogen (secondary N) is 1. The lowest BCUT2D eigenvalue weighted by Gasteiger charge is -2.16. The van der Waals surface area contributed by atoms with Crippen molar-refractivity contribution in [2.75, 3.05) is 6.61 Å². The number of ether oxygens (including phenoxy) is 1. The van der Waals surface area contributed by atoms with Crippen LogP contribution in [-0.4, -0.2) is 18.6 Å². The number of carbonyl (C=O) groups is 1. The minimum Gasteiger partial charge on any atom is -0.378 e. The Hall–Kier alpha value is -1.42. The molecule has 0 aliphatic carbocycles. The second-order valence-electron chi connectivity index (χ2n) is 5.47. The average Bonchev–Trinajstić information content (AvgIpc) is 2.92. The maximum Gasteiger partial charge on any atom is 0.220 e. The number of amides is 1. The Balaban J connectivity index is 1.81. The van der Waals surface area contributed by atoms with Gasteiger partial charge < -0.3 is 10.1 Å². The van der Waals surface area contributed by atoms with E-state index in [-0.39, 0.29) is 23.9 Å². The fraction of sp³-hybridized carbons (Fsp3) is 0.562. The van der Waals surface area contributed by atoms with Crippen LogP contribution in [-0.2, 0) is 9.53 Å². The van der Waals surface area contributed by atoms with Crippen LogP contribution in [0, 0.1) is 12.7 Å². The minimum absolute atomic E-state index is 0.00557. The molecule has 0 radical (unpaired) electrons. The van der Waals surface area contributed by atoms with Crippen molar-refractivity contribution in [3.63, 3.8) is 0 Å². The molecule has 110 valence electrons. The number of rotatable bonds is 5. The first-order valence-electron chi connectivity index (χ1n) is 7.23. The van der Waals surface area contributed by atoms with Crippen molar-refractivity contribution in [1.29, 1.82) is 0 Å². The van der Waals surface area contributed by atoms with Gasteiger partial charge in [0.15, 0.2) is 0 Å². The van der Waals surface area contributed by atoms with E-state index in [1.54, 1.807) is 13.0 Å². The van der Waals surface area contributed by atoms with Crippen molar-refractivity contribution in [2.45, 2.75) is 51.7 Å². The maximum absolute atomic E-state index is 13.5. The van der Waals surface area contributed by atoms with Gasteiger partial charge in [-0.2, -0.15) is 0 Å². The maximum atomic E-state index is 13.5. The van der Waals surface area contributed by atoms with Gasteiger partial charge in [-0.3, -0.25) is 4.79 Å². The summed E-state index contributed by atoms with van der Waals surface area (Å²) in [5.41, 5.74) is 1.41. The Kier molecular flexibility index (Phi) is 5.12. The Bertz CT molecular complexity index is 470. The summed E-state index contributed by atoms with van der Waals surface area (Å²) in [5.74, 6) is -0.239. The van der Waals surface area contributed by atoms with Crippen molar-refractivity contribution >= 4 is 5.91 Å². The molecule has 0 spiro atoms. The molecule has 20 heavy (non-hydrogen) atoms. The first kappa shape index (κ1) is 15.0. The number of halogens is 1. The molecular weight excluding hydrogens is 257 g/mol. The van der Waals surface area contributed by atoms with Crippen molar-refractivity contribution in [3.05, 3.63) is 35.1 Å². The van der Waals surface area contributed by atoms with Crippen molar-refractivity contribution < 1.29 is 13.9 Å². The van der Waals surface area contributed by atoms with Gasteiger partial charge in [0.25, 0.3) is 0 Å². The SMILES string of the molecule is Cc1ccc(C(C)NC(=O)CCC2CCCO2)cc1F. The topological polar surface area (TPSA) is 38.3 Å². The number of hydrogen-bond donors (Lipinski definition) is 1. The molecule has 1 saturated heterocycles. The van der Waals surface area contributed by atoms with Crippen LogP contribution in [0.3, 0.4) is 0 Å². The molecule has 1 aromatic rings. The van der Waals surface area contributed by atoms with Crippen LogP contribution in [0.4, 0.5) is 4.39 Å². The van der Waals surface area contributed by atoms with Gasteiger partial charge in [0.2, 0.25) is 5.91 Å². The third kappa shape index (κ3) is 4.04. The smallest absolute Gasteiger partial charge is 0.220 e. The van der Waals surface area contributed by atoms with Crippen LogP contribution in [0.15, 0.2) is 18.2 Å². The lowest BCUT2D eigenvalue weighted by molar-refractivity contribution is -0.122. The Labute approximate surface area is 119 Å². The van der Waals surface area contributed by atoms with Crippen molar-refractivity contribution in [3.8, 4) is 0 Å². The van der Waals surface area contributed by atoms with E-state index in [0.717, 1.165) is 31.4 Å². The van der Waals surface area contributed by atoms with E-state index >= 15 is 0 Å². The highest BCUT2D eigenvalue weighted by Gasteiger charge is 2.17. The molecule has 1 fully saturated rings. The van der Waals surface area contributed by atoms with E-state index < -0.39 is 0 Å². The normalized spacial score (nSPS) is 19.9. The van der Waals surface area contributed by atoms with Crippen LogP contribution >= 0.6 is 0 Å². The van der Waals surface area contributed by atoms with Crippen LogP contribution in [0.1, 0.15) is 49.8 Å². The lowest BCUT2D eigenvalue weighted by atomic mass is 10.1. The Morgan fingerprint density at radius 3 is 3.00 bits per heavy atom. The molecule has 1 aliphatic rings. The van der Waals surface area contributed by atoms with E-state index in [0.29, 0.717) is 12.0 Å². The summed E-state index contributed by atoms with van der Waals surface area (Å²) >= 11 is 0. The highest BCUT2D eigenvalue weighted by Crippen LogP contribution is 2.18. The van der Waals surface area contributed by atoms with Gasteiger partial charge in [-0.25, -0.2) is 4.39 Å². The van der Waals surface area contributed by atoms with Gasteiger partial charge in [0, 0.05) is 13.0 Å². The molecule has 0 saturated carbocycles. The molecule has 1 N–H and O–H groups in total.